The third-order valence-corrected chi connectivity index (χ3v) is 4.96. The summed E-state index contributed by atoms with van der Waals surface area (Å²) in [4.78, 5) is 24.9. The van der Waals surface area contributed by atoms with Gasteiger partial charge in [0.05, 0.1) is 34.6 Å². The molecule has 0 spiro atoms. The van der Waals surface area contributed by atoms with Crippen molar-refractivity contribution in [3.63, 3.8) is 0 Å². The molecular formula is C18H17ClN4O6S. The molecule has 1 amide bonds. The molecule has 6 N–H and O–H groups in total. The highest BCUT2D eigenvalue weighted by atomic mass is 35.5. The first-order chi connectivity index (χ1) is 14.1. The molecule has 0 aliphatic heterocycles. The number of aromatic nitrogens is 1. The van der Waals surface area contributed by atoms with Crippen LogP contribution in [-0.4, -0.2) is 30.4 Å². The number of primary amides is 1. The Kier molecular flexibility index (Phi) is 7.53. The molecule has 2 heterocycles. The molecule has 0 aliphatic carbocycles. The van der Waals surface area contributed by atoms with Gasteiger partial charge in [-0.2, -0.15) is 0 Å². The van der Waals surface area contributed by atoms with Gasteiger partial charge in [-0.05, 0) is 36.4 Å². The second-order valence-electron chi connectivity index (χ2n) is 5.72. The predicted octanol–water partition coefficient (Wildman–Crippen LogP) is 2.07. The number of halogens is 1. The van der Waals surface area contributed by atoms with Crippen molar-refractivity contribution in [1.29, 1.82) is 0 Å². The van der Waals surface area contributed by atoms with Gasteiger partial charge in [-0.3, -0.25) is 9.78 Å². The molecule has 158 valence electrons. The van der Waals surface area contributed by atoms with E-state index in [0.717, 1.165) is 6.07 Å². The van der Waals surface area contributed by atoms with Gasteiger partial charge in [0.2, 0.25) is 15.9 Å². The standard InChI is InChI=1S/C12H11ClN2O5S.C6H6N2O/c13-9-5-10(15-6-7-2-1-3-20-7)8(12(16)17)4-11(9)21(14,18)19;7-6(9)5-2-1-3-8-4-5/h1-5,15H,6H2,(H,16,17)(H2,14,18,19);1-4H,(H2,7,9). The minimum Gasteiger partial charge on any atom is -0.478 e. The van der Waals surface area contributed by atoms with E-state index in [1.807, 2.05) is 0 Å². The van der Waals surface area contributed by atoms with Gasteiger partial charge in [0.25, 0.3) is 0 Å². The van der Waals surface area contributed by atoms with Gasteiger partial charge in [-0.25, -0.2) is 18.4 Å². The lowest BCUT2D eigenvalue weighted by molar-refractivity contribution is 0.0697. The molecule has 0 saturated carbocycles. The van der Waals surface area contributed by atoms with E-state index in [-0.39, 0.29) is 22.8 Å². The Labute approximate surface area is 176 Å². The molecule has 12 heteroatoms. The average molecular weight is 453 g/mol. The summed E-state index contributed by atoms with van der Waals surface area (Å²) in [6.07, 6.45) is 4.50. The van der Waals surface area contributed by atoms with E-state index >= 15 is 0 Å². The number of pyridine rings is 1. The van der Waals surface area contributed by atoms with Crippen molar-refractivity contribution in [3.05, 3.63) is 77.0 Å². The first-order valence-corrected chi connectivity index (χ1v) is 10.1. The smallest absolute Gasteiger partial charge is 0.337 e. The Morgan fingerprint density at radius 3 is 2.43 bits per heavy atom. The van der Waals surface area contributed by atoms with E-state index in [2.05, 4.69) is 10.3 Å². The van der Waals surface area contributed by atoms with Gasteiger partial charge in [-0.15, -0.1) is 0 Å². The average Bonchev–Trinajstić information content (AvgIpc) is 3.20. The summed E-state index contributed by atoms with van der Waals surface area (Å²) in [7, 11) is -4.11. The Balaban J connectivity index is 0.000000297. The maximum Gasteiger partial charge on any atom is 0.337 e. The number of nitrogens with one attached hydrogen (secondary N) is 1. The van der Waals surface area contributed by atoms with Gasteiger partial charge in [-0.1, -0.05) is 11.6 Å². The molecule has 10 nitrogen and oxygen atoms in total. The molecule has 0 radical (unpaired) electrons. The lowest BCUT2D eigenvalue weighted by Gasteiger charge is -2.11. The van der Waals surface area contributed by atoms with Crippen LogP contribution in [0, 0.1) is 0 Å². The van der Waals surface area contributed by atoms with E-state index in [0.29, 0.717) is 11.3 Å². The van der Waals surface area contributed by atoms with Crippen LogP contribution in [0.4, 0.5) is 5.69 Å². The summed E-state index contributed by atoms with van der Waals surface area (Å²) >= 11 is 5.84. The van der Waals surface area contributed by atoms with Crippen molar-refractivity contribution in [3.8, 4) is 0 Å². The summed E-state index contributed by atoms with van der Waals surface area (Å²) in [5.41, 5.74) is 5.29. The number of carbonyl (C=O) groups is 2. The van der Waals surface area contributed by atoms with Crippen molar-refractivity contribution < 1.29 is 27.5 Å². The van der Waals surface area contributed by atoms with Crippen LogP contribution >= 0.6 is 11.6 Å². The molecule has 2 aromatic heterocycles. The van der Waals surface area contributed by atoms with Crippen molar-refractivity contribution in [2.24, 2.45) is 10.9 Å². The van der Waals surface area contributed by atoms with E-state index < -0.39 is 26.8 Å². The van der Waals surface area contributed by atoms with Crippen LogP contribution in [-0.2, 0) is 16.6 Å². The van der Waals surface area contributed by atoms with Gasteiger partial charge >= 0.3 is 5.97 Å². The summed E-state index contributed by atoms with van der Waals surface area (Å²) in [5.74, 6) is -1.17. The van der Waals surface area contributed by atoms with E-state index in [1.54, 1.807) is 30.5 Å². The Morgan fingerprint density at radius 2 is 1.97 bits per heavy atom. The number of benzene rings is 1. The van der Waals surface area contributed by atoms with Crippen molar-refractivity contribution in [1.82, 2.24) is 4.98 Å². The highest BCUT2D eigenvalue weighted by Gasteiger charge is 2.20. The Hall–Kier alpha value is -3.41. The monoisotopic (exact) mass is 452 g/mol. The SMILES string of the molecule is NC(=O)c1cccnc1.NS(=O)(=O)c1cc(C(=O)O)c(NCc2ccco2)cc1Cl. The fourth-order valence-corrected chi connectivity index (χ4v) is 3.30. The normalized spacial score (nSPS) is 10.6. The van der Waals surface area contributed by atoms with Crippen molar-refractivity contribution in [2.45, 2.75) is 11.4 Å². The maximum absolute atomic E-state index is 11.3. The number of rotatable bonds is 6. The maximum atomic E-state index is 11.3. The third kappa shape index (κ3) is 6.30. The van der Waals surface area contributed by atoms with Crippen LogP contribution in [0.25, 0.3) is 0 Å². The number of furan rings is 1. The molecule has 30 heavy (non-hydrogen) atoms. The number of carboxylic acid groups (broad SMARTS) is 1. The summed E-state index contributed by atoms with van der Waals surface area (Å²) in [6.45, 7) is 0.221. The number of sulfonamides is 1. The second-order valence-corrected chi connectivity index (χ2v) is 7.65. The minimum atomic E-state index is -4.11. The molecule has 1 aromatic carbocycles. The van der Waals surface area contributed by atoms with Gasteiger partial charge in [0.15, 0.2) is 0 Å². The Bertz CT molecular complexity index is 1130. The van der Waals surface area contributed by atoms with Crippen LogP contribution < -0.4 is 16.2 Å². The minimum absolute atomic E-state index is 0.163. The van der Waals surface area contributed by atoms with Gasteiger partial charge in [0, 0.05) is 12.4 Å². The lowest BCUT2D eigenvalue weighted by Crippen LogP contribution is -2.15. The molecular weight excluding hydrogens is 436 g/mol. The van der Waals surface area contributed by atoms with Gasteiger partial charge < -0.3 is 20.6 Å². The molecule has 0 atom stereocenters. The summed E-state index contributed by atoms with van der Waals surface area (Å²) < 4.78 is 27.8. The first-order valence-electron chi connectivity index (χ1n) is 8.15. The highest BCUT2D eigenvalue weighted by Crippen LogP contribution is 2.28. The second kappa shape index (κ2) is 9.87. The predicted molar refractivity (Wildman–Crippen MR) is 109 cm³/mol. The molecule has 0 fully saturated rings. The van der Waals surface area contributed by atoms with Gasteiger partial charge in [0.1, 0.15) is 10.7 Å². The highest BCUT2D eigenvalue weighted by molar-refractivity contribution is 7.89. The number of primary sulfonamides is 1. The lowest BCUT2D eigenvalue weighted by atomic mass is 10.1. The van der Waals surface area contributed by atoms with Crippen LogP contribution in [0.5, 0.6) is 0 Å². The largest absolute Gasteiger partial charge is 0.478 e. The Morgan fingerprint density at radius 1 is 1.23 bits per heavy atom. The molecule has 0 bridgehead atoms. The zero-order valence-electron chi connectivity index (χ0n) is 15.3. The number of carbonyl (C=O) groups excluding carboxylic acids is 1. The molecule has 3 aromatic rings. The zero-order valence-corrected chi connectivity index (χ0v) is 16.9. The fraction of sp³-hybridized carbons (Fsp3) is 0.0556. The number of anilines is 1. The molecule has 0 saturated heterocycles. The summed E-state index contributed by atoms with van der Waals surface area (Å²) in [6, 6.07) is 8.80. The molecule has 3 rings (SSSR count). The zero-order chi connectivity index (χ0) is 22.3. The number of aromatic carboxylic acids is 1. The first kappa shape index (κ1) is 22.9. The number of carboxylic acids is 1. The van der Waals surface area contributed by atoms with Crippen molar-refractivity contribution >= 4 is 39.2 Å². The number of nitrogens with zero attached hydrogens (tertiary/aromatic N) is 1. The van der Waals surface area contributed by atoms with E-state index in [9.17, 15) is 18.0 Å². The fourth-order valence-electron chi connectivity index (χ4n) is 2.20. The van der Waals surface area contributed by atoms with Crippen molar-refractivity contribution in [2.75, 3.05) is 5.32 Å². The number of hydrogen-bond donors (Lipinski definition) is 4. The quantitative estimate of drug-likeness (QED) is 0.438. The van der Waals surface area contributed by atoms with Crippen LogP contribution in [0.1, 0.15) is 26.5 Å². The van der Waals surface area contributed by atoms with Crippen LogP contribution in [0.15, 0.2) is 64.4 Å². The topological polar surface area (TPSA) is 179 Å². The van der Waals surface area contributed by atoms with E-state index in [1.165, 1.54) is 18.5 Å². The summed E-state index contributed by atoms with van der Waals surface area (Å²) in [5, 5.41) is 16.8. The molecule has 0 unspecified atom stereocenters. The molecule has 0 aliphatic rings. The number of hydrogen-bond acceptors (Lipinski definition) is 7. The third-order valence-electron chi connectivity index (χ3n) is 3.59. The number of amides is 1. The van der Waals surface area contributed by atoms with Crippen LogP contribution in [0.3, 0.4) is 0 Å². The van der Waals surface area contributed by atoms with E-state index in [4.69, 9.17) is 32.0 Å². The van der Waals surface area contributed by atoms with Crippen LogP contribution in [0.2, 0.25) is 5.02 Å². The number of nitrogens with two attached hydrogens (primary N) is 2.